The molecule has 0 unspecified atom stereocenters. The zero-order valence-electron chi connectivity index (χ0n) is 12.5. The molecule has 0 radical (unpaired) electrons. The fraction of sp³-hybridized carbons (Fsp3) is 0.786. The minimum Gasteiger partial charge on any atom is -0.396 e. The number of likely N-dealkylation sites (N-methyl/N-ethyl adjacent to an activating group) is 1. The Bertz CT molecular complexity index is 187. The van der Waals surface area contributed by atoms with Gasteiger partial charge in [0, 0.05) is 46.0 Å². The van der Waals surface area contributed by atoms with Crippen LogP contribution < -0.4 is 5.32 Å². The Morgan fingerprint density at radius 1 is 1.28 bits per heavy atom. The molecule has 4 heteroatoms. The number of hydrogen-bond donors (Lipinski definition) is 2. The maximum Gasteiger partial charge on any atom is 0.0433 e. The first-order valence-electron chi connectivity index (χ1n) is 6.88. The number of hydrogen-bond acceptors (Lipinski definition) is 4. The van der Waals surface area contributed by atoms with E-state index in [1.807, 2.05) is 26.0 Å². The predicted molar refractivity (Wildman–Crippen MR) is 81.6 cm³/mol. The summed E-state index contributed by atoms with van der Waals surface area (Å²) in [5, 5.41) is 11.6. The van der Waals surface area contributed by atoms with Gasteiger partial charge in [-0.15, -0.1) is 0 Å². The molecular weight excluding hydrogens is 226 g/mol. The van der Waals surface area contributed by atoms with Gasteiger partial charge >= 0.3 is 0 Å². The third kappa shape index (κ3) is 17.7. The summed E-state index contributed by atoms with van der Waals surface area (Å²) in [5.41, 5.74) is 0. The summed E-state index contributed by atoms with van der Waals surface area (Å²) < 4.78 is 0. The number of unbranched alkanes of at least 4 members (excludes halogenated alkanes) is 1. The number of allylic oxidation sites excluding steroid dienone is 2. The first-order chi connectivity index (χ1) is 8.81. The van der Waals surface area contributed by atoms with Crippen molar-refractivity contribution in [2.45, 2.75) is 26.7 Å². The molecule has 0 aromatic rings. The van der Waals surface area contributed by atoms with Crippen LogP contribution in [0.25, 0.3) is 0 Å². The highest BCUT2D eigenvalue weighted by Gasteiger charge is 2.01. The molecule has 0 aromatic carbocycles. The standard InChI is InChI=1S/C7H13NO.C5H12N2.C2H6/c1-8-6-4-2-3-5-7-9;1-7-4-2-6-3-5-7;1-2/h2,4,6,9H,3,5,7H2,1H3;6H,2-5H2,1H3;1-2H3/b4-2-,8-6?;;. The summed E-state index contributed by atoms with van der Waals surface area (Å²) in [6.07, 6.45) is 7.38. The van der Waals surface area contributed by atoms with E-state index in [-0.39, 0.29) is 6.61 Å². The molecule has 18 heavy (non-hydrogen) atoms. The molecule has 0 amide bonds. The van der Waals surface area contributed by atoms with Gasteiger partial charge in [0.05, 0.1) is 0 Å². The Hall–Kier alpha value is -0.710. The van der Waals surface area contributed by atoms with E-state index in [9.17, 15) is 0 Å². The lowest BCUT2D eigenvalue weighted by Gasteiger charge is -2.21. The molecule has 1 heterocycles. The summed E-state index contributed by atoms with van der Waals surface area (Å²) >= 11 is 0. The lowest BCUT2D eigenvalue weighted by atomic mass is 10.3. The average Bonchev–Trinajstić information content (AvgIpc) is 2.43. The number of nitrogens with one attached hydrogen (secondary N) is 1. The molecule has 0 saturated carbocycles. The van der Waals surface area contributed by atoms with Crippen molar-refractivity contribution in [3.63, 3.8) is 0 Å². The van der Waals surface area contributed by atoms with Crippen LogP contribution in [0.2, 0.25) is 0 Å². The second-order valence-electron chi connectivity index (χ2n) is 3.75. The zero-order chi connectivity index (χ0) is 14.1. The van der Waals surface area contributed by atoms with Crippen molar-refractivity contribution < 1.29 is 5.11 Å². The van der Waals surface area contributed by atoms with Crippen molar-refractivity contribution in [1.82, 2.24) is 10.2 Å². The van der Waals surface area contributed by atoms with Crippen molar-refractivity contribution in [1.29, 1.82) is 0 Å². The lowest BCUT2D eigenvalue weighted by molar-refractivity contribution is 0.289. The number of aliphatic hydroxyl groups is 1. The van der Waals surface area contributed by atoms with Crippen molar-refractivity contribution in [2.75, 3.05) is 46.9 Å². The Kier molecular flexibility index (Phi) is 20.3. The van der Waals surface area contributed by atoms with Crippen LogP contribution in [0, 0.1) is 0 Å². The summed E-state index contributed by atoms with van der Waals surface area (Å²) in [6, 6.07) is 0. The summed E-state index contributed by atoms with van der Waals surface area (Å²) in [4.78, 5) is 6.09. The smallest absolute Gasteiger partial charge is 0.0433 e. The van der Waals surface area contributed by atoms with Crippen molar-refractivity contribution >= 4 is 6.21 Å². The maximum absolute atomic E-state index is 8.36. The van der Waals surface area contributed by atoms with Crippen molar-refractivity contribution in [3.05, 3.63) is 12.2 Å². The molecule has 4 nitrogen and oxygen atoms in total. The maximum atomic E-state index is 8.36. The molecule has 0 bridgehead atoms. The normalized spacial score (nSPS) is 16.1. The van der Waals surface area contributed by atoms with Gasteiger partial charge in [-0.25, -0.2) is 0 Å². The zero-order valence-corrected chi connectivity index (χ0v) is 12.5. The summed E-state index contributed by atoms with van der Waals surface area (Å²) in [7, 11) is 3.89. The quantitative estimate of drug-likeness (QED) is 0.593. The van der Waals surface area contributed by atoms with E-state index in [1.54, 1.807) is 13.3 Å². The first-order valence-corrected chi connectivity index (χ1v) is 6.88. The van der Waals surface area contributed by atoms with Crippen LogP contribution in [0.1, 0.15) is 26.7 Å². The number of piperazine rings is 1. The highest BCUT2D eigenvalue weighted by molar-refractivity contribution is 5.70. The first kappa shape index (κ1) is 19.6. The average molecular weight is 257 g/mol. The number of aliphatic hydroxyl groups excluding tert-OH is 1. The monoisotopic (exact) mass is 257 g/mol. The fourth-order valence-electron chi connectivity index (χ4n) is 1.23. The van der Waals surface area contributed by atoms with Gasteiger partial charge in [0.1, 0.15) is 0 Å². The van der Waals surface area contributed by atoms with Crippen molar-refractivity contribution in [3.8, 4) is 0 Å². The molecule has 1 saturated heterocycles. The number of nitrogens with zero attached hydrogens (tertiary/aromatic N) is 2. The van der Waals surface area contributed by atoms with Crippen LogP contribution in [0.3, 0.4) is 0 Å². The molecular formula is C14H31N3O. The van der Waals surface area contributed by atoms with Gasteiger partial charge in [-0.2, -0.15) is 0 Å². The summed E-state index contributed by atoms with van der Waals surface area (Å²) in [5.74, 6) is 0. The largest absolute Gasteiger partial charge is 0.396 e. The van der Waals surface area contributed by atoms with Crippen LogP contribution >= 0.6 is 0 Å². The second kappa shape index (κ2) is 18.6. The van der Waals surface area contributed by atoms with E-state index in [4.69, 9.17) is 5.11 Å². The van der Waals surface area contributed by atoms with Gasteiger partial charge in [0.25, 0.3) is 0 Å². The summed E-state index contributed by atoms with van der Waals surface area (Å²) in [6.45, 7) is 9.01. The molecule has 2 N–H and O–H groups in total. The van der Waals surface area contributed by atoms with Gasteiger partial charge in [0.15, 0.2) is 0 Å². The van der Waals surface area contributed by atoms with Crippen LogP contribution in [0.4, 0.5) is 0 Å². The van der Waals surface area contributed by atoms with E-state index < -0.39 is 0 Å². The second-order valence-corrected chi connectivity index (χ2v) is 3.75. The number of aliphatic imine (C=N–C) groups is 1. The van der Waals surface area contributed by atoms with Crippen LogP contribution in [0.15, 0.2) is 17.1 Å². The van der Waals surface area contributed by atoms with Crippen molar-refractivity contribution in [2.24, 2.45) is 4.99 Å². The van der Waals surface area contributed by atoms with Gasteiger partial charge in [0.2, 0.25) is 0 Å². The molecule has 1 aliphatic heterocycles. The molecule has 1 fully saturated rings. The molecule has 0 spiro atoms. The Morgan fingerprint density at radius 2 is 1.89 bits per heavy atom. The molecule has 1 rings (SSSR count). The van der Waals surface area contributed by atoms with E-state index >= 15 is 0 Å². The van der Waals surface area contributed by atoms with Gasteiger partial charge in [-0.3, -0.25) is 4.99 Å². The third-order valence-corrected chi connectivity index (χ3v) is 2.24. The molecule has 0 aromatic heterocycles. The molecule has 0 aliphatic carbocycles. The SMILES string of the molecule is CC.CN1CCNCC1.CN=C/C=C\CCCO. The van der Waals surface area contributed by atoms with Gasteiger partial charge < -0.3 is 15.3 Å². The van der Waals surface area contributed by atoms with E-state index in [0.717, 1.165) is 25.9 Å². The Morgan fingerprint density at radius 3 is 2.28 bits per heavy atom. The fourth-order valence-corrected chi connectivity index (χ4v) is 1.23. The van der Waals surface area contributed by atoms with E-state index in [2.05, 4.69) is 22.3 Å². The van der Waals surface area contributed by atoms with Gasteiger partial charge in [-0.05, 0) is 26.0 Å². The Labute approximate surface area is 113 Å². The van der Waals surface area contributed by atoms with E-state index in [0.29, 0.717) is 0 Å². The molecule has 1 aliphatic rings. The highest BCUT2D eigenvalue weighted by Crippen LogP contribution is 1.86. The van der Waals surface area contributed by atoms with Crippen LogP contribution in [0.5, 0.6) is 0 Å². The predicted octanol–water partition coefficient (Wildman–Crippen LogP) is 1.56. The minimum atomic E-state index is 0.271. The minimum absolute atomic E-state index is 0.271. The third-order valence-electron chi connectivity index (χ3n) is 2.24. The highest BCUT2D eigenvalue weighted by atomic mass is 16.2. The van der Waals surface area contributed by atoms with Crippen LogP contribution in [-0.4, -0.2) is 63.1 Å². The van der Waals surface area contributed by atoms with Crippen LogP contribution in [-0.2, 0) is 0 Å². The Balaban J connectivity index is 0. The van der Waals surface area contributed by atoms with E-state index in [1.165, 1.54) is 13.1 Å². The van der Waals surface area contributed by atoms with Gasteiger partial charge in [-0.1, -0.05) is 19.9 Å². The molecule has 0 atom stereocenters. The number of rotatable bonds is 4. The lowest BCUT2D eigenvalue weighted by Crippen LogP contribution is -2.40. The topological polar surface area (TPSA) is 47.9 Å². The molecule has 108 valence electrons.